The van der Waals surface area contributed by atoms with Crippen LogP contribution in [0.5, 0.6) is 0 Å². The summed E-state index contributed by atoms with van der Waals surface area (Å²) in [5.41, 5.74) is 7.99. The third kappa shape index (κ3) is 2.46. The van der Waals surface area contributed by atoms with Crippen LogP contribution >= 0.6 is 0 Å². The number of fused-ring (bicyclic) bond motifs is 1. The molecule has 2 aliphatic rings. The van der Waals surface area contributed by atoms with E-state index in [1.54, 1.807) is 7.11 Å². The lowest BCUT2D eigenvalue weighted by atomic mass is 9.81. The Morgan fingerprint density at radius 2 is 2.41 bits per heavy atom. The molecule has 3 atom stereocenters. The molecule has 1 aliphatic carbocycles. The Kier molecular flexibility index (Phi) is 3.72. The number of ether oxygens (including phenoxy) is 2. The normalized spacial score (nSPS) is 36.1. The van der Waals surface area contributed by atoms with Crippen LogP contribution < -0.4 is 0 Å². The molecule has 1 heterocycles. The van der Waals surface area contributed by atoms with E-state index in [1.807, 2.05) is 0 Å². The molecule has 1 aliphatic heterocycles. The second-order valence-electron chi connectivity index (χ2n) is 4.90. The second kappa shape index (κ2) is 5.08. The Morgan fingerprint density at radius 3 is 3.12 bits per heavy atom. The van der Waals surface area contributed by atoms with Gasteiger partial charge in [0.05, 0.1) is 5.60 Å². The van der Waals surface area contributed by atoms with Gasteiger partial charge in [0.2, 0.25) is 5.78 Å². The zero-order valence-corrected chi connectivity index (χ0v) is 10.1. The summed E-state index contributed by atoms with van der Waals surface area (Å²) in [6.45, 7) is 0. The van der Waals surface area contributed by atoms with E-state index in [9.17, 15) is 4.79 Å². The maximum Gasteiger partial charge on any atom is 0.323 e. The Morgan fingerprint density at radius 1 is 1.59 bits per heavy atom. The minimum absolute atomic E-state index is 0.184. The van der Waals surface area contributed by atoms with Gasteiger partial charge in [-0.3, -0.25) is 4.79 Å². The Hall–Kier alpha value is -1.03. The van der Waals surface area contributed by atoms with Gasteiger partial charge >= 0.3 is 6.21 Å². The van der Waals surface area contributed by atoms with E-state index >= 15 is 0 Å². The van der Waals surface area contributed by atoms with Gasteiger partial charge in [0.25, 0.3) is 0 Å². The van der Waals surface area contributed by atoms with Gasteiger partial charge in [-0.05, 0) is 31.6 Å². The van der Waals surface area contributed by atoms with Crippen LogP contribution in [-0.4, -0.2) is 35.8 Å². The number of carbonyl (C=O) groups excluding carboxylic acids is 1. The number of nitrogens with zero attached hydrogens (tertiary/aromatic N) is 2. The molecule has 0 radical (unpaired) electrons. The minimum atomic E-state index is -0.392. The number of Topliss-reactive ketones (excluding diaryl/α,β-unsaturated/α-hetero) is 1. The SMILES string of the molecule is CO[C@H]1CC[C@H]2CCC[C@@]2(CC(=O)C=[N+]=[N-])O1. The molecule has 2 rings (SSSR count). The van der Waals surface area contributed by atoms with Crippen molar-refractivity contribution in [1.82, 2.24) is 0 Å². The molecule has 17 heavy (non-hydrogen) atoms. The van der Waals surface area contributed by atoms with Gasteiger partial charge < -0.3 is 15.0 Å². The smallest absolute Gasteiger partial charge is 0.323 e. The number of hydrogen-bond acceptors (Lipinski definition) is 3. The van der Waals surface area contributed by atoms with E-state index in [0.29, 0.717) is 12.3 Å². The van der Waals surface area contributed by atoms with Gasteiger partial charge in [-0.2, -0.15) is 4.79 Å². The average Bonchev–Trinajstić information content (AvgIpc) is 2.71. The summed E-state index contributed by atoms with van der Waals surface area (Å²) in [4.78, 5) is 14.4. The highest BCUT2D eigenvalue weighted by molar-refractivity contribution is 6.25. The summed E-state index contributed by atoms with van der Waals surface area (Å²) in [5, 5.41) is 0. The number of carbonyl (C=O) groups is 1. The summed E-state index contributed by atoms with van der Waals surface area (Å²) in [7, 11) is 1.63. The zero-order valence-electron chi connectivity index (χ0n) is 10.1. The fourth-order valence-electron chi connectivity index (χ4n) is 3.18. The Bertz CT molecular complexity index is 352. The van der Waals surface area contributed by atoms with Crippen molar-refractivity contribution in [2.75, 3.05) is 7.11 Å². The van der Waals surface area contributed by atoms with Crippen molar-refractivity contribution >= 4 is 12.0 Å². The summed E-state index contributed by atoms with van der Waals surface area (Å²) in [6, 6.07) is 0. The minimum Gasteiger partial charge on any atom is -0.361 e. The van der Waals surface area contributed by atoms with Gasteiger partial charge in [-0.15, -0.1) is 0 Å². The maximum absolute atomic E-state index is 11.6. The highest BCUT2D eigenvalue weighted by atomic mass is 16.7. The van der Waals surface area contributed by atoms with Crippen molar-refractivity contribution in [3.05, 3.63) is 5.53 Å². The van der Waals surface area contributed by atoms with Gasteiger partial charge in [0.15, 0.2) is 6.29 Å². The van der Waals surface area contributed by atoms with E-state index < -0.39 is 5.60 Å². The monoisotopic (exact) mass is 238 g/mol. The molecule has 0 bridgehead atoms. The molecule has 1 saturated heterocycles. The third-order valence-corrected chi connectivity index (χ3v) is 3.95. The van der Waals surface area contributed by atoms with Crippen LogP contribution in [0.25, 0.3) is 5.53 Å². The fraction of sp³-hybridized carbons (Fsp3) is 0.833. The number of ketones is 1. The van der Waals surface area contributed by atoms with Crippen LogP contribution in [0.15, 0.2) is 0 Å². The van der Waals surface area contributed by atoms with E-state index in [1.165, 1.54) is 0 Å². The molecule has 5 heteroatoms. The van der Waals surface area contributed by atoms with E-state index in [0.717, 1.165) is 38.3 Å². The standard InChI is InChI=1S/C12H18N2O3/c1-16-11-5-4-9-3-2-6-12(9,17-11)7-10(15)8-14-13/h8-9,11H,2-7H2,1H3/t9-,11-,12+/m1/s1. The summed E-state index contributed by atoms with van der Waals surface area (Å²) >= 11 is 0. The number of hydrogen-bond donors (Lipinski definition) is 0. The second-order valence-corrected chi connectivity index (χ2v) is 4.90. The molecule has 0 N–H and O–H groups in total. The van der Waals surface area contributed by atoms with Gasteiger partial charge in [-0.25, -0.2) is 0 Å². The number of methoxy groups -OCH3 is 1. The topological polar surface area (TPSA) is 71.9 Å². The van der Waals surface area contributed by atoms with Crippen molar-refractivity contribution in [2.24, 2.45) is 5.92 Å². The van der Waals surface area contributed by atoms with Gasteiger partial charge in [0.1, 0.15) is 0 Å². The molecule has 94 valence electrons. The van der Waals surface area contributed by atoms with Crippen LogP contribution in [0.1, 0.15) is 38.5 Å². The van der Waals surface area contributed by atoms with Crippen LogP contribution in [-0.2, 0) is 14.3 Å². The molecule has 1 saturated carbocycles. The fourth-order valence-corrected chi connectivity index (χ4v) is 3.18. The van der Waals surface area contributed by atoms with Gasteiger partial charge in [0, 0.05) is 13.5 Å². The lowest BCUT2D eigenvalue weighted by molar-refractivity contribution is -0.240. The predicted molar refractivity (Wildman–Crippen MR) is 60.5 cm³/mol. The van der Waals surface area contributed by atoms with Crippen molar-refractivity contribution in [3.8, 4) is 0 Å². The first-order valence-electron chi connectivity index (χ1n) is 6.11. The molecule has 0 spiro atoms. The van der Waals surface area contributed by atoms with E-state index in [-0.39, 0.29) is 12.1 Å². The van der Waals surface area contributed by atoms with Gasteiger partial charge in [-0.1, -0.05) is 6.42 Å². The lowest BCUT2D eigenvalue weighted by Crippen LogP contribution is -2.46. The maximum atomic E-state index is 11.6. The molecule has 5 nitrogen and oxygen atoms in total. The van der Waals surface area contributed by atoms with E-state index in [4.69, 9.17) is 15.0 Å². The highest BCUT2D eigenvalue weighted by Gasteiger charge is 2.49. The highest BCUT2D eigenvalue weighted by Crippen LogP contribution is 2.48. The average molecular weight is 238 g/mol. The molecular weight excluding hydrogens is 220 g/mol. The zero-order chi connectivity index (χ0) is 12.3. The van der Waals surface area contributed by atoms with Crippen LogP contribution in [0, 0.1) is 5.92 Å². The first-order valence-corrected chi connectivity index (χ1v) is 6.11. The van der Waals surface area contributed by atoms with Crippen LogP contribution in [0.2, 0.25) is 0 Å². The molecule has 2 fully saturated rings. The summed E-state index contributed by atoms with van der Waals surface area (Å²) in [5.74, 6) is 0.251. The van der Waals surface area contributed by atoms with Crippen molar-refractivity contribution < 1.29 is 19.1 Å². The van der Waals surface area contributed by atoms with Crippen molar-refractivity contribution in [1.29, 1.82) is 0 Å². The van der Waals surface area contributed by atoms with Crippen molar-refractivity contribution in [2.45, 2.75) is 50.4 Å². The Labute approximate surface area is 101 Å². The quantitative estimate of drug-likeness (QED) is 0.424. The number of rotatable bonds is 4. The molecule has 0 aromatic carbocycles. The summed E-state index contributed by atoms with van der Waals surface area (Å²) < 4.78 is 11.2. The lowest BCUT2D eigenvalue weighted by Gasteiger charge is -2.42. The summed E-state index contributed by atoms with van der Waals surface area (Å²) in [6.07, 6.45) is 6.08. The first kappa shape index (κ1) is 12.4. The van der Waals surface area contributed by atoms with E-state index in [2.05, 4.69) is 4.79 Å². The molecule has 0 aromatic rings. The Balaban J connectivity index is 2.12. The molecule has 0 aromatic heterocycles. The molecular formula is C12H18N2O3. The van der Waals surface area contributed by atoms with Crippen LogP contribution in [0.4, 0.5) is 0 Å². The van der Waals surface area contributed by atoms with Crippen molar-refractivity contribution in [3.63, 3.8) is 0 Å². The predicted octanol–water partition coefficient (Wildman–Crippen LogP) is 1.57. The largest absolute Gasteiger partial charge is 0.361 e. The molecule has 0 amide bonds. The first-order chi connectivity index (χ1) is 8.20. The molecule has 0 unspecified atom stereocenters. The third-order valence-electron chi connectivity index (χ3n) is 3.95. The van der Waals surface area contributed by atoms with Crippen LogP contribution in [0.3, 0.4) is 0 Å².